The summed E-state index contributed by atoms with van der Waals surface area (Å²) in [6, 6.07) is 0. The van der Waals surface area contributed by atoms with Crippen molar-refractivity contribution in [3.8, 4) is 0 Å². The van der Waals surface area contributed by atoms with E-state index in [1.807, 2.05) is 0 Å². The van der Waals surface area contributed by atoms with Crippen molar-refractivity contribution >= 4 is 0 Å². The van der Waals surface area contributed by atoms with Gasteiger partial charge in [0, 0.05) is 0 Å². The van der Waals surface area contributed by atoms with E-state index in [1.54, 1.807) is 0 Å². The van der Waals surface area contributed by atoms with Gasteiger partial charge in [0.2, 0.25) is 0 Å². The largest absolute Gasteiger partial charge is 2.00 e. The van der Waals surface area contributed by atoms with Gasteiger partial charge in [-0.1, -0.05) is 0 Å². The van der Waals surface area contributed by atoms with Gasteiger partial charge in [-0.15, -0.1) is 0 Å². The Labute approximate surface area is 92.6 Å². The number of hydrogen-bond donors (Lipinski definition) is 4. The summed E-state index contributed by atoms with van der Waals surface area (Å²) in [7, 11) is 0. The topological polar surface area (TPSA) is 140 Å². The second kappa shape index (κ2) is 98.7. The summed E-state index contributed by atoms with van der Waals surface area (Å²) in [5.41, 5.74) is 0. The minimum absolute atomic E-state index is 0. The van der Waals surface area contributed by atoms with Crippen molar-refractivity contribution in [2.75, 3.05) is 0 Å². The van der Waals surface area contributed by atoms with Crippen molar-refractivity contribution < 1.29 is 69.0 Å². The van der Waals surface area contributed by atoms with Crippen LogP contribution in [0.2, 0.25) is 0 Å². The van der Waals surface area contributed by atoms with Gasteiger partial charge in [0.25, 0.3) is 0 Å². The fourth-order valence-electron chi connectivity index (χ4n) is 0. The van der Waals surface area contributed by atoms with E-state index in [-0.39, 0.29) is 93.6 Å². The molecule has 0 unspecified atom stereocenters. The zero-order valence-corrected chi connectivity index (χ0v) is 10.5. The van der Waals surface area contributed by atoms with Crippen molar-refractivity contribution in [3.63, 3.8) is 0 Å². The molecule has 7 heteroatoms. The number of hydrogen-bond acceptors (Lipinski definition) is 4. The van der Waals surface area contributed by atoms with Gasteiger partial charge >= 0.3 is 21.1 Å². The quantitative estimate of drug-likeness (QED) is 0.239. The van der Waals surface area contributed by atoms with Crippen molar-refractivity contribution in [3.05, 3.63) is 0 Å². The Kier molecular flexibility index (Phi) is 2050. The third-order valence-corrected chi connectivity index (χ3v) is 0. The molecule has 12 N–H and O–H groups in total. The Morgan fingerprint density at radius 2 is 0.429 bits per heavy atom. The van der Waals surface area contributed by atoms with Crippen molar-refractivity contribution in [1.82, 2.24) is 24.6 Å². The molecule has 0 saturated heterocycles. The molecule has 0 aromatic heterocycles. The van der Waals surface area contributed by atoms with E-state index in [0.717, 1.165) is 0 Å². The van der Waals surface area contributed by atoms with Crippen LogP contribution in [-0.4, -0.2) is 0 Å². The van der Waals surface area contributed by atoms with Crippen LogP contribution in [0.25, 0.3) is 0 Å². The van der Waals surface area contributed by atoms with E-state index in [4.69, 9.17) is 0 Å². The second-order valence-electron chi connectivity index (χ2n) is 0. The SMILES string of the molecule is N.N.N.N.[I-].[I-].[Pt+2]. The van der Waals surface area contributed by atoms with Gasteiger partial charge in [-0.25, -0.2) is 0 Å². The minimum atomic E-state index is 0. The molecule has 0 radical (unpaired) electrons. The summed E-state index contributed by atoms with van der Waals surface area (Å²) in [6.07, 6.45) is 0. The molecule has 0 aliphatic heterocycles. The van der Waals surface area contributed by atoms with Gasteiger partial charge in [-0.2, -0.15) is 0 Å². The molecular formula is H12I2N4Pt. The molecule has 0 amide bonds. The molecular weight excluding hydrogens is 505 g/mol. The smallest absolute Gasteiger partial charge is 1.00 e. The van der Waals surface area contributed by atoms with Crippen LogP contribution in [0.3, 0.4) is 0 Å². The fourth-order valence-corrected chi connectivity index (χ4v) is 0. The Morgan fingerprint density at radius 1 is 0.429 bits per heavy atom. The fraction of sp³-hybridized carbons (Fsp3) is 0. The molecule has 0 rings (SSSR count). The monoisotopic (exact) mass is 517 g/mol. The maximum atomic E-state index is 0. The van der Waals surface area contributed by atoms with Gasteiger partial charge in [0.15, 0.2) is 0 Å². The van der Waals surface area contributed by atoms with Gasteiger partial charge in [-0.3, -0.25) is 0 Å². The summed E-state index contributed by atoms with van der Waals surface area (Å²) < 4.78 is 0. The zero-order valence-electron chi connectivity index (χ0n) is 3.90. The first-order valence-electron chi connectivity index (χ1n) is 0. The molecule has 0 heterocycles. The number of rotatable bonds is 0. The van der Waals surface area contributed by atoms with E-state index in [1.165, 1.54) is 0 Å². The van der Waals surface area contributed by atoms with Crippen LogP contribution in [-0.2, 0) is 21.1 Å². The van der Waals surface area contributed by atoms with Crippen LogP contribution < -0.4 is 72.6 Å². The first-order chi connectivity index (χ1) is 0. The van der Waals surface area contributed by atoms with E-state index >= 15 is 0 Å². The van der Waals surface area contributed by atoms with Crippen LogP contribution in [0.5, 0.6) is 0 Å². The van der Waals surface area contributed by atoms with Gasteiger partial charge in [0.1, 0.15) is 0 Å². The third-order valence-electron chi connectivity index (χ3n) is 0. The van der Waals surface area contributed by atoms with Crippen LogP contribution in [0.15, 0.2) is 0 Å². The Balaban J connectivity index is 0. The van der Waals surface area contributed by atoms with Gasteiger partial charge < -0.3 is 72.6 Å². The Hall–Kier alpha value is 1.99. The molecule has 0 aliphatic rings. The van der Waals surface area contributed by atoms with Crippen LogP contribution >= 0.6 is 0 Å². The molecule has 0 fully saturated rings. The summed E-state index contributed by atoms with van der Waals surface area (Å²) in [4.78, 5) is 0. The van der Waals surface area contributed by atoms with E-state index in [0.29, 0.717) is 0 Å². The van der Waals surface area contributed by atoms with Gasteiger partial charge in [0.05, 0.1) is 0 Å². The standard InChI is InChI=1S/2HI.4H3N.Pt/h2*1H;4*1H3;/q;;;;;;+2/p-2. The third kappa shape index (κ3) is 72.5. The first-order valence-corrected chi connectivity index (χ1v) is 0. The maximum absolute atomic E-state index is 0. The van der Waals surface area contributed by atoms with Crippen LogP contribution in [0.4, 0.5) is 0 Å². The average Bonchev–Trinajstić information content (AvgIpc) is 0. The molecule has 0 spiro atoms. The Morgan fingerprint density at radius 3 is 0.429 bits per heavy atom. The summed E-state index contributed by atoms with van der Waals surface area (Å²) >= 11 is 0. The van der Waals surface area contributed by atoms with E-state index in [2.05, 4.69) is 0 Å². The van der Waals surface area contributed by atoms with E-state index in [9.17, 15) is 0 Å². The molecule has 0 saturated carbocycles. The summed E-state index contributed by atoms with van der Waals surface area (Å²) in [5, 5.41) is 0. The normalized spacial score (nSPS) is 0. The molecule has 0 bridgehead atoms. The van der Waals surface area contributed by atoms with Crippen molar-refractivity contribution in [2.45, 2.75) is 0 Å². The molecule has 4 nitrogen and oxygen atoms in total. The van der Waals surface area contributed by atoms with Crippen molar-refractivity contribution in [1.29, 1.82) is 0 Å². The van der Waals surface area contributed by atoms with E-state index < -0.39 is 0 Å². The second-order valence-corrected chi connectivity index (χ2v) is 0. The van der Waals surface area contributed by atoms with Crippen LogP contribution in [0.1, 0.15) is 0 Å². The van der Waals surface area contributed by atoms with Gasteiger partial charge in [-0.05, 0) is 0 Å². The minimum Gasteiger partial charge on any atom is -1.00 e. The zero-order chi connectivity index (χ0) is 0. The predicted molar refractivity (Wildman–Crippen MR) is 20.1 cm³/mol. The molecule has 7 heavy (non-hydrogen) atoms. The molecule has 0 aliphatic carbocycles. The number of halogens is 2. The first kappa shape index (κ1) is 145. The average molecular weight is 517 g/mol. The molecule has 56 valence electrons. The summed E-state index contributed by atoms with van der Waals surface area (Å²) in [6.45, 7) is 0. The molecule has 0 aromatic carbocycles. The van der Waals surface area contributed by atoms with Crippen molar-refractivity contribution in [2.24, 2.45) is 0 Å². The molecule has 0 atom stereocenters. The molecule has 0 aromatic rings. The predicted octanol–water partition coefficient (Wildman–Crippen LogP) is -5.35. The van der Waals surface area contributed by atoms with Crippen LogP contribution in [0, 0.1) is 0 Å². The summed E-state index contributed by atoms with van der Waals surface area (Å²) in [5.74, 6) is 0. The maximum Gasteiger partial charge on any atom is 2.00 e. The Bertz CT molecular complexity index is 9.65.